The van der Waals surface area contributed by atoms with E-state index in [-0.39, 0.29) is 11.5 Å². The van der Waals surface area contributed by atoms with E-state index < -0.39 is 41.4 Å². The molecule has 2 fully saturated rings. The zero-order valence-corrected chi connectivity index (χ0v) is 16.9. The molecular formula is C21H24F2N4O4. The van der Waals surface area contributed by atoms with E-state index in [0.717, 1.165) is 37.8 Å². The number of carbonyl (C=O) groups is 2. The third-order valence-corrected chi connectivity index (χ3v) is 6.15. The van der Waals surface area contributed by atoms with Crippen LogP contribution < -0.4 is 5.32 Å². The summed E-state index contributed by atoms with van der Waals surface area (Å²) in [5.41, 5.74) is -0.128. The molecule has 166 valence electrons. The molecule has 8 nitrogen and oxygen atoms in total. The third-order valence-electron chi connectivity index (χ3n) is 6.15. The van der Waals surface area contributed by atoms with Gasteiger partial charge in [0, 0.05) is 31.2 Å². The Bertz CT molecular complexity index is 961. The standard InChI is InChI=1S/C21H24F2N4O4/c22-12-6-7-14(16(23)10-12)19-25-26-20(31-19)18(28)24-17-8-9-27(11-15(17)21(29)30)13-4-2-1-3-5-13/h6-7,10,13,15,17H,1-5,8-9,11H2,(H,24,28)(H,29,30)/t15-,17-/m1/s1. The number of nitrogens with zero attached hydrogens (tertiary/aromatic N) is 3. The summed E-state index contributed by atoms with van der Waals surface area (Å²) in [5.74, 6) is -4.75. The fourth-order valence-corrected chi connectivity index (χ4v) is 4.49. The molecule has 31 heavy (non-hydrogen) atoms. The van der Waals surface area contributed by atoms with Gasteiger partial charge in [0.2, 0.25) is 0 Å². The Morgan fingerprint density at radius 3 is 2.61 bits per heavy atom. The van der Waals surface area contributed by atoms with Gasteiger partial charge in [0.25, 0.3) is 5.89 Å². The highest BCUT2D eigenvalue weighted by atomic mass is 19.1. The number of amides is 1. The molecule has 4 rings (SSSR count). The minimum Gasteiger partial charge on any atom is -0.481 e. The number of carboxylic acids is 1. The Balaban J connectivity index is 1.43. The molecule has 2 heterocycles. The Kier molecular flexibility index (Phi) is 6.26. The molecule has 1 aromatic heterocycles. The van der Waals surface area contributed by atoms with Gasteiger partial charge in [-0.2, -0.15) is 0 Å². The number of halogens is 2. The normalized spacial score (nSPS) is 22.9. The van der Waals surface area contributed by atoms with Gasteiger partial charge in [0.1, 0.15) is 11.6 Å². The van der Waals surface area contributed by atoms with Crippen molar-refractivity contribution in [3.63, 3.8) is 0 Å². The average molecular weight is 434 g/mol. The second-order valence-corrected chi connectivity index (χ2v) is 8.14. The summed E-state index contributed by atoms with van der Waals surface area (Å²) in [7, 11) is 0. The molecular weight excluding hydrogens is 410 g/mol. The highest BCUT2D eigenvalue weighted by Gasteiger charge is 2.38. The molecule has 2 aliphatic rings. The van der Waals surface area contributed by atoms with Crippen molar-refractivity contribution in [1.82, 2.24) is 20.4 Å². The summed E-state index contributed by atoms with van der Waals surface area (Å²) < 4.78 is 32.2. The van der Waals surface area contributed by atoms with Crippen molar-refractivity contribution in [3.8, 4) is 11.5 Å². The van der Waals surface area contributed by atoms with Gasteiger partial charge in [-0.3, -0.25) is 14.5 Å². The molecule has 2 aromatic rings. The summed E-state index contributed by atoms with van der Waals surface area (Å²) >= 11 is 0. The summed E-state index contributed by atoms with van der Waals surface area (Å²) in [4.78, 5) is 26.7. The highest BCUT2D eigenvalue weighted by Crippen LogP contribution is 2.28. The molecule has 1 amide bonds. The number of benzene rings is 1. The van der Waals surface area contributed by atoms with Crippen molar-refractivity contribution in [1.29, 1.82) is 0 Å². The number of aliphatic carboxylic acids is 1. The van der Waals surface area contributed by atoms with E-state index >= 15 is 0 Å². The Morgan fingerprint density at radius 2 is 1.90 bits per heavy atom. The van der Waals surface area contributed by atoms with Crippen LogP contribution in [0.25, 0.3) is 11.5 Å². The smallest absolute Gasteiger partial charge is 0.309 e. The number of likely N-dealkylation sites (tertiary alicyclic amines) is 1. The first-order valence-electron chi connectivity index (χ1n) is 10.5. The quantitative estimate of drug-likeness (QED) is 0.745. The lowest BCUT2D eigenvalue weighted by molar-refractivity contribution is -0.145. The van der Waals surface area contributed by atoms with E-state index in [1.165, 1.54) is 6.42 Å². The van der Waals surface area contributed by atoms with E-state index in [2.05, 4.69) is 20.4 Å². The monoisotopic (exact) mass is 434 g/mol. The summed E-state index contributed by atoms with van der Waals surface area (Å²) in [6, 6.07) is 2.68. The predicted molar refractivity (Wildman–Crippen MR) is 105 cm³/mol. The van der Waals surface area contributed by atoms with E-state index in [0.29, 0.717) is 31.6 Å². The molecule has 1 aliphatic heterocycles. The number of aromatic nitrogens is 2. The first-order valence-corrected chi connectivity index (χ1v) is 10.5. The maximum atomic E-state index is 13.9. The first kappa shape index (κ1) is 21.4. The zero-order valence-electron chi connectivity index (χ0n) is 16.9. The van der Waals surface area contributed by atoms with E-state index in [1.54, 1.807) is 0 Å². The number of piperidine rings is 1. The Morgan fingerprint density at radius 1 is 1.13 bits per heavy atom. The molecule has 0 unspecified atom stereocenters. The van der Waals surface area contributed by atoms with Crippen LogP contribution in [0.3, 0.4) is 0 Å². The summed E-state index contributed by atoms with van der Waals surface area (Å²) in [6.45, 7) is 1.08. The van der Waals surface area contributed by atoms with E-state index in [1.807, 2.05) is 0 Å². The van der Waals surface area contributed by atoms with Gasteiger partial charge < -0.3 is 14.8 Å². The van der Waals surface area contributed by atoms with E-state index in [4.69, 9.17) is 4.42 Å². The maximum absolute atomic E-state index is 13.9. The molecule has 2 atom stereocenters. The largest absolute Gasteiger partial charge is 0.481 e. The van der Waals surface area contributed by atoms with Crippen molar-refractivity contribution < 1.29 is 27.9 Å². The number of rotatable bonds is 5. The topological polar surface area (TPSA) is 109 Å². The van der Waals surface area contributed by atoms with Gasteiger partial charge in [0.15, 0.2) is 0 Å². The van der Waals surface area contributed by atoms with Crippen LogP contribution in [0.2, 0.25) is 0 Å². The fraction of sp³-hybridized carbons (Fsp3) is 0.524. The van der Waals surface area contributed by atoms with Gasteiger partial charge in [-0.15, -0.1) is 10.2 Å². The van der Waals surface area contributed by atoms with Crippen molar-refractivity contribution in [3.05, 3.63) is 35.7 Å². The number of carboxylic acid groups (broad SMARTS) is 1. The minimum atomic E-state index is -0.967. The van der Waals surface area contributed by atoms with Crippen LogP contribution in [-0.4, -0.2) is 57.3 Å². The second-order valence-electron chi connectivity index (χ2n) is 8.14. The van der Waals surface area contributed by atoms with Crippen molar-refractivity contribution >= 4 is 11.9 Å². The van der Waals surface area contributed by atoms with Gasteiger partial charge in [0.05, 0.1) is 11.5 Å². The van der Waals surface area contributed by atoms with Crippen LogP contribution in [-0.2, 0) is 4.79 Å². The Hall–Kier alpha value is -2.88. The van der Waals surface area contributed by atoms with Crippen LogP contribution in [0, 0.1) is 17.6 Å². The zero-order chi connectivity index (χ0) is 22.0. The van der Waals surface area contributed by atoms with Crippen molar-refractivity contribution in [2.75, 3.05) is 13.1 Å². The van der Waals surface area contributed by atoms with Gasteiger partial charge >= 0.3 is 17.8 Å². The van der Waals surface area contributed by atoms with Crippen LogP contribution in [0.4, 0.5) is 8.78 Å². The molecule has 1 aliphatic carbocycles. The fourth-order valence-electron chi connectivity index (χ4n) is 4.49. The van der Waals surface area contributed by atoms with Gasteiger partial charge in [-0.05, 0) is 31.4 Å². The van der Waals surface area contributed by atoms with E-state index in [9.17, 15) is 23.5 Å². The van der Waals surface area contributed by atoms with Crippen molar-refractivity contribution in [2.24, 2.45) is 5.92 Å². The number of nitrogens with one attached hydrogen (secondary N) is 1. The van der Waals surface area contributed by atoms with Crippen LogP contribution in [0.1, 0.15) is 49.2 Å². The molecule has 1 saturated heterocycles. The Labute approximate surface area is 177 Å². The first-order chi connectivity index (χ1) is 14.9. The minimum absolute atomic E-state index is 0.128. The molecule has 0 spiro atoms. The molecule has 0 bridgehead atoms. The highest BCUT2D eigenvalue weighted by molar-refractivity contribution is 5.90. The molecule has 10 heteroatoms. The lowest BCUT2D eigenvalue weighted by atomic mass is 9.87. The van der Waals surface area contributed by atoms with Gasteiger partial charge in [-0.1, -0.05) is 19.3 Å². The van der Waals surface area contributed by atoms with Crippen LogP contribution >= 0.6 is 0 Å². The predicted octanol–water partition coefficient (Wildman–Crippen LogP) is 2.85. The number of hydrogen-bond acceptors (Lipinski definition) is 6. The second kappa shape index (κ2) is 9.09. The molecule has 1 saturated carbocycles. The number of carbonyl (C=O) groups excluding carboxylic acids is 1. The third kappa shape index (κ3) is 4.73. The van der Waals surface area contributed by atoms with Gasteiger partial charge in [-0.25, -0.2) is 8.78 Å². The average Bonchev–Trinajstić information content (AvgIpc) is 3.24. The molecule has 1 aromatic carbocycles. The summed E-state index contributed by atoms with van der Waals surface area (Å²) in [5, 5.41) is 19.7. The van der Waals surface area contributed by atoms with Crippen molar-refractivity contribution in [2.45, 2.75) is 50.6 Å². The summed E-state index contributed by atoms with van der Waals surface area (Å²) in [6.07, 6.45) is 6.19. The lowest BCUT2D eigenvalue weighted by Crippen LogP contribution is -2.56. The van der Waals surface area contributed by atoms with Crippen LogP contribution in [0.5, 0.6) is 0 Å². The lowest BCUT2D eigenvalue weighted by Gasteiger charge is -2.42. The maximum Gasteiger partial charge on any atom is 0.309 e. The SMILES string of the molecule is O=C(N[C@@H]1CCN(C2CCCCC2)C[C@H]1C(=O)O)c1nnc(-c2ccc(F)cc2F)o1. The molecule has 2 N–H and O–H groups in total. The van der Waals surface area contributed by atoms with Crippen LogP contribution in [0.15, 0.2) is 22.6 Å². The molecule has 0 radical (unpaired) electrons. The number of hydrogen-bond donors (Lipinski definition) is 2.